The number of hydrogen-bond donors (Lipinski definition) is 1. The third kappa shape index (κ3) is 3.04. The SMILES string of the molecule is O=C([C@H]1CCCNC1)N1CCC(c2ccccc2)CC1. The summed E-state index contributed by atoms with van der Waals surface area (Å²) in [6, 6.07) is 10.7. The number of likely N-dealkylation sites (tertiary alicyclic amines) is 1. The molecule has 0 unspecified atom stereocenters. The molecule has 0 bridgehead atoms. The molecule has 1 N–H and O–H groups in total. The summed E-state index contributed by atoms with van der Waals surface area (Å²) in [5.74, 6) is 1.23. The van der Waals surface area contributed by atoms with Gasteiger partial charge >= 0.3 is 0 Å². The number of nitrogens with one attached hydrogen (secondary N) is 1. The van der Waals surface area contributed by atoms with Crippen LogP contribution in [0.15, 0.2) is 30.3 Å². The molecule has 0 aliphatic carbocycles. The minimum Gasteiger partial charge on any atom is -0.342 e. The van der Waals surface area contributed by atoms with Gasteiger partial charge < -0.3 is 10.2 Å². The van der Waals surface area contributed by atoms with Crippen LogP contribution in [0.1, 0.15) is 37.2 Å². The topological polar surface area (TPSA) is 32.3 Å². The van der Waals surface area contributed by atoms with E-state index in [1.807, 2.05) is 0 Å². The van der Waals surface area contributed by atoms with Crippen LogP contribution in [0.5, 0.6) is 0 Å². The molecule has 2 heterocycles. The van der Waals surface area contributed by atoms with Gasteiger partial charge in [0.2, 0.25) is 5.91 Å². The standard InChI is InChI=1S/C17H24N2O/c20-17(16-7-4-10-18-13-16)19-11-8-15(9-12-19)14-5-2-1-3-6-14/h1-3,5-6,15-16,18H,4,7-13H2/t16-/m0/s1. The molecule has 1 atom stereocenters. The average Bonchev–Trinajstić information content (AvgIpc) is 2.56. The van der Waals surface area contributed by atoms with Crippen molar-refractivity contribution >= 4 is 5.91 Å². The van der Waals surface area contributed by atoms with Gasteiger partial charge in [0.05, 0.1) is 5.92 Å². The van der Waals surface area contributed by atoms with Gasteiger partial charge in [-0.1, -0.05) is 30.3 Å². The van der Waals surface area contributed by atoms with Crippen LogP contribution >= 0.6 is 0 Å². The normalized spacial score (nSPS) is 24.6. The maximum Gasteiger partial charge on any atom is 0.226 e. The van der Waals surface area contributed by atoms with Crippen molar-refractivity contribution in [3.8, 4) is 0 Å². The molecule has 2 aliphatic heterocycles. The average molecular weight is 272 g/mol. The fourth-order valence-electron chi connectivity index (χ4n) is 3.48. The molecule has 2 aliphatic rings. The van der Waals surface area contributed by atoms with Crippen LogP contribution in [-0.2, 0) is 4.79 Å². The summed E-state index contributed by atoms with van der Waals surface area (Å²) in [6.45, 7) is 3.79. The molecular weight excluding hydrogens is 248 g/mol. The summed E-state index contributed by atoms with van der Waals surface area (Å²) in [6.07, 6.45) is 4.41. The number of rotatable bonds is 2. The fraction of sp³-hybridized carbons (Fsp3) is 0.588. The molecule has 0 spiro atoms. The Kier molecular flexibility index (Phi) is 4.36. The zero-order valence-electron chi connectivity index (χ0n) is 12.1. The van der Waals surface area contributed by atoms with E-state index in [1.165, 1.54) is 5.56 Å². The molecular formula is C17H24N2O. The van der Waals surface area contributed by atoms with Crippen LogP contribution in [0.2, 0.25) is 0 Å². The highest BCUT2D eigenvalue weighted by molar-refractivity contribution is 5.79. The van der Waals surface area contributed by atoms with E-state index < -0.39 is 0 Å². The highest BCUT2D eigenvalue weighted by atomic mass is 16.2. The van der Waals surface area contributed by atoms with Crippen molar-refractivity contribution in [2.75, 3.05) is 26.2 Å². The van der Waals surface area contributed by atoms with Crippen LogP contribution in [0.3, 0.4) is 0 Å². The molecule has 20 heavy (non-hydrogen) atoms. The Morgan fingerprint density at radius 3 is 2.50 bits per heavy atom. The van der Waals surface area contributed by atoms with Crippen LogP contribution in [-0.4, -0.2) is 37.0 Å². The first-order valence-corrected chi connectivity index (χ1v) is 7.89. The van der Waals surface area contributed by atoms with Crippen LogP contribution < -0.4 is 5.32 Å². The molecule has 3 heteroatoms. The maximum absolute atomic E-state index is 12.5. The maximum atomic E-state index is 12.5. The number of benzene rings is 1. The fourth-order valence-corrected chi connectivity index (χ4v) is 3.48. The minimum absolute atomic E-state index is 0.219. The summed E-state index contributed by atoms with van der Waals surface area (Å²) in [5.41, 5.74) is 1.43. The number of hydrogen-bond acceptors (Lipinski definition) is 2. The van der Waals surface area contributed by atoms with Crippen molar-refractivity contribution in [3.05, 3.63) is 35.9 Å². The van der Waals surface area contributed by atoms with Crippen LogP contribution in [0.25, 0.3) is 0 Å². The number of carbonyl (C=O) groups is 1. The zero-order chi connectivity index (χ0) is 13.8. The lowest BCUT2D eigenvalue weighted by Crippen LogP contribution is -2.45. The summed E-state index contributed by atoms with van der Waals surface area (Å²) in [4.78, 5) is 14.6. The van der Waals surface area contributed by atoms with Gasteiger partial charge in [-0.25, -0.2) is 0 Å². The number of piperidine rings is 2. The number of nitrogens with zero attached hydrogens (tertiary/aromatic N) is 1. The lowest BCUT2D eigenvalue weighted by molar-refractivity contribution is -0.137. The van der Waals surface area contributed by atoms with Crippen molar-refractivity contribution in [3.63, 3.8) is 0 Å². The smallest absolute Gasteiger partial charge is 0.226 e. The van der Waals surface area contributed by atoms with Gasteiger partial charge in [-0.15, -0.1) is 0 Å². The Morgan fingerprint density at radius 1 is 1.10 bits per heavy atom. The van der Waals surface area contributed by atoms with Crippen LogP contribution in [0, 0.1) is 5.92 Å². The molecule has 1 aromatic rings. The van der Waals surface area contributed by atoms with E-state index in [1.54, 1.807) is 0 Å². The van der Waals surface area contributed by atoms with E-state index in [-0.39, 0.29) is 5.92 Å². The van der Waals surface area contributed by atoms with Gasteiger partial charge in [0.25, 0.3) is 0 Å². The minimum atomic E-state index is 0.219. The lowest BCUT2D eigenvalue weighted by Gasteiger charge is -2.35. The van der Waals surface area contributed by atoms with Gasteiger partial charge in [-0.3, -0.25) is 4.79 Å². The highest BCUT2D eigenvalue weighted by Gasteiger charge is 2.29. The first-order valence-electron chi connectivity index (χ1n) is 7.89. The molecule has 1 aromatic carbocycles. The second-order valence-electron chi connectivity index (χ2n) is 6.05. The highest BCUT2D eigenvalue weighted by Crippen LogP contribution is 2.28. The van der Waals surface area contributed by atoms with Crippen molar-refractivity contribution in [2.24, 2.45) is 5.92 Å². The Bertz CT molecular complexity index is 432. The summed E-state index contributed by atoms with van der Waals surface area (Å²) >= 11 is 0. The quantitative estimate of drug-likeness (QED) is 0.896. The summed E-state index contributed by atoms with van der Waals surface area (Å²) in [5, 5.41) is 3.34. The Morgan fingerprint density at radius 2 is 1.85 bits per heavy atom. The van der Waals surface area contributed by atoms with Crippen molar-refractivity contribution < 1.29 is 4.79 Å². The van der Waals surface area contributed by atoms with Gasteiger partial charge in [0, 0.05) is 19.6 Å². The molecule has 0 radical (unpaired) electrons. The molecule has 2 fully saturated rings. The van der Waals surface area contributed by atoms with Gasteiger partial charge in [-0.2, -0.15) is 0 Å². The van der Waals surface area contributed by atoms with Gasteiger partial charge in [0.1, 0.15) is 0 Å². The van der Waals surface area contributed by atoms with Crippen molar-refractivity contribution in [1.82, 2.24) is 10.2 Å². The van der Waals surface area contributed by atoms with Crippen molar-refractivity contribution in [2.45, 2.75) is 31.6 Å². The zero-order valence-corrected chi connectivity index (χ0v) is 12.1. The summed E-state index contributed by atoms with van der Waals surface area (Å²) in [7, 11) is 0. The van der Waals surface area contributed by atoms with E-state index in [4.69, 9.17) is 0 Å². The van der Waals surface area contributed by atoms with E-state index in [0.717, 1.165) is 51.9 Å². The van der Waals surface area contributed by atoms with Crippen LogP contribution in [0.4, 0.5) is 0 Å². The lowest BCUT2D eigenvalue weighted by atomic mass is 9.88. The number of amides is 1. The molecule has 1 amide bonds. The molecule has 0 saturated carbocycles. The largest absolute Gasteiger partial charge is 0.342 e. The Balaban J connectivity index is 1.54. The van der Waals surface area contributed by atoms with Gasteiger partial charge in [-0.05, 0) is 43.7 Å². The first kappa shape index (κ1) is 13.6. The third-order valence-electron chi connectivity index (χ3n) is 4.72. The monoisotopic (exact) mass is 272 g/mol. The number of carbonyl (C=O) groups excluding carboxylic acids is 1. The third-order valence-corrected chi connectivity index (χ3v) is 4.72. The molecule has 0 aromatic heterocycles. The Labute approximate surface area is 121 Å². The second kappa shape index (κ2) is 6.40. The molecule has 108 valence electrons. The second-order valence-corrected chi connectivity index (χ2v) is 6.05. The predicted molar refractivity (Wildman–Crippen MR) is 80.6 cm³/mol. The van der Waals surface area contributed by atoms with Crippen molar-refractivity contribution in [1.29, 1.82) is 0 Å². The molecule has 3 rings (SSSR count). The van der Waals surface area contributed by atoms with E-state index in [2.05, 4.69) is 40.5 Å². The summed E-state index contributed by atoms with van der Waals surface area (Å²) < 4.78 is 0. The Hall–Kier alpha value is -1.35. The van der Waals surface area contributed by atoms with E-state index in [0.29, 0.717) is 11.8 Å². The molecule has 3 nitrogen and oxygen atoms in total. The molecule has 2 saturated heterocycles. The van der Waals surface area contributed by atoms with E-state index in [9.17, 15) is 4.79 Å². The predicted octanol–water partition coefficient (Wildman–Crippen LogP) is 2.39. The van der Waals surface area contributed by atoms with E-state index >= 15 is 0 Å². The van der Waals surface area contributed by atoms with Gasteiger partial charge in [0.15, 0.2) is 0 Å². The first-order chi connectivity index (χ1) is 9.84.